The summed E-state index contributed by atoms with van der Waals surface area (Å²) in [6, 6.07) is 11.0. The number of sulfone groups is 1. The van der Waals surface area contributed by atoms with Gasteiger partial charge in [0.05, 0.1) is 30.5 Å². The number of hydrogen-bond acceptors (Lipinski definition) is 8. The fourth-order valence-electron chi connectivity index (χ4n) is 4.68. The van der Waals surface area contributed by atoms with Crippen LogP contribution in [-0.2, 0) is 21.1 Å². The zero-order valence-corrected chi connectivity index (χ0v) is 22.1. The lowest BCUT2D eigenvalue weighted by Gasteiger charge is -2.31. The van der Waals surface area contributed by atoms with Gasteiger partial charge in [0.1, 0.15) is 24.2 Å². The van der Waals surface area contributed by atoms with E-state index in [4.69, 9.17) is 9.47 Å². The molecule has 2 aliphatic rings. The number of likely N-dealkylation sites (tertiary alicyclic amines) is 1. The molecule has 2 aliphatic heterocycles. The quantitative estimate of drug-likeness (QED) is 0.462. The summed E-state index contributed by atoms with van der Waals surface area (Å²) in [5.41, 5.74) is 3.09. The topological polar surface area (TPSA) is 102 Å². The Kier molecular flexibility index (Phi) is 7.20. The number of anilines is 2. The van der Waals surface area contributed by atoms with E-state index in [1.165, 1.54) is 0 Å². The first kappa shape index (κ1) is 25.5. The van der Waals surface area contributed by atoms with Crippen molar-refractivity contribution in [2.24, 2.45) is 5.92 Å². The van der Waals surface area contributed by atoms with Crippen molar-refractivity contribution in [3.05, 3.63) is 66.1 Å². The molecule has 0 N–H and O–H groups in total. The normalized spacial score (nSPS) is 16.7. The first-order chi connectivity index (χ1) is 18.3. The predicted molar refractivity (Wildman–Crippen MR) is 142 cm³/mol. The maximum atomic E-state index is 12.6. The van der Waals surface area contributed by atoms with Crippen molar-refractivity contribution in [2.45, 2.75) is 24.8 Å². The number of aryl methyl sites for hydroxylation is 1. The number of amides is 1. The standard InChI is InChI=1S/C28H28N4O5S/c1-20-15-23(18-30-28(20)38(2,34)35)32-12-14-37-26-4-3-24(17-25(26)32)36-13-8-22-7-11-31(19-22)27(33)16-21-5-9-29-10-6-21/h3-6,9-10,15,17-18,22H,7,11-12,14,16,19H2,1-2H3. The second-order valence-electron chi connectivity index (χ2n) is 9.42. The molecular weight excluding hydrogens is 504 g/mol. The molecule has 1 aromatic carbocycles. The SMILES string of the molecule is Cc1cc(N2CCOc3ccc(OC#CC4CCN(C(=O)Cc5ccncc5)C4)cc32)cnc1S(C)(=O)=O. The van der Waals surface area contributed by atoms with E-state index in [0.29, 0.717) is 49.7 Å². The maximum absolute atomic E-state index is 12.6. The number of benzene rings is 1. The number of ether oxygens (including phenoxy) is 2. The van der Waals surface area contributed by atoms with Gasteiger partial charge in [0.2, 0.25) is 5.91 Å². The second kappa shape index (κ2) is 10.7. The highest BCUT2D eigenvalue weighted by Gasteiger charge is 2.25. The van der Waals surface area contributed by atoms with Gasteiger partial charge in [-0.2, -0.15) is 0 Å². The summed E-state index contributed by atoms with van der Waals surface area (Å²) in [6.07, 6.45) is 10.1. The smallest absolute Gasteiger partial charge is 0.227 e. The summed E-state index contributed by atoms with van der Waals surface area (Å²) in [6.45, 7) is 4.06. The van der Waals surface area contributed by atoms with E-state index in [1.54, 1.807) is 31.6 Å². The molecule has 0 radical (unpaired) electrons. The van der Waals surface area contributed by atoms with Gasteiger partial charge in [0, 0.05) is 43.7 Å². The minimum Gasteiger partial charge on any atom is -0.490 e. The summed E-state index contributed by atoms with van der Waals surface area (Å²) in [5.74, 6) is 4.54. The average Bonchev–Trinajstić information content (AvgIpc) is 3.37. The van der Waals surface area contributed by atoms with Crippen molar-refractivity contribution in [3.8, 4) is 23.5 Å². The first-order valence-electron chi connectivity index (χ1n) is 12.3. The molecular formula is C28H28N4O5S. The fraction of sp³-hybridized carbons (Fsp3) is 0.321. The van der Waals surface area contributed by atoms with Crippen LogP contribution < -0.4 is 14.4 Å². The van der Waals surface area contributed by atoms with Crippen molar-refractivity contribution in [1.82, 2.24) is 14.9 Å². The zero-order valence-electron chi connectivity index (χ0n) is 21.3. The lowest BCUT2D eigenvalue weighted by Crippen LogP contribution is -2.30. The Bertz CT molecular complexity index is 1520. The number of aromatic nitrogens is 2. The van der Waals surface area contributed by atoms with Crippen LogP contribution in [0.3, 0.4) is 0 Å². The van der Waals surface area contributed by atoms with Gasteiger partial charge >= 0.3 is 0 Å². The fourth-order valence-corrected chi connectivity index (χ4v) is 5.56. The Morgan fingerprint density at radius 1 is 1.18 bits per heavy atom. The zero-order chi connectivity index (χ0) is 26.7. The molecule has 0 saturated carbocycles. The molecule has 0 aliphatic carbocycles. The Hall–Kier alpha value is -4.10. The minimum atomic E-state index is -3.40. The molecule has 2 aromatic heterocycles. The van der Waals surface area contributed by atoms with Gasteiger partial charge in [-0.25, -0.2) is 13.4 Å². The van der Waals surface area contributed by atoms with E-state index in [0.717, 1.165) is 29.6 Å². The van der Waals surface area contributed by atoms with Gasteiger partial charge in [-0.15, -0.1) is 0 Å². The number of rotatable bonds is 5. The Morgan fingerprint density at radius 2 is 2.00 bits per heavy atom. The molecule has 4 heterocycles. The lowest BCUT2D eigenvalue weighted by atomic mass is 10.1. The van der Waals surface area contributed by atoms with Gasteiger partial charge in [0.15, 0.2) is 14.9 Å². The molecule has 9 nitrogen and oxygen atoms in total. The maximum Gasteiger partial charge on any atom is 0.227 e. The summed E-state index contributed by atoms with van der Waals surface area (Å²) >= 11 is 0. The summed E-state index contributed by atoms with van der Waals surface area (Å²) in [5, 5.41) is 0.0756. The van der Waals surface area contributed by atoms with Crippen LogP contribution in [0.4, 0.5) is 11.4 Å². The highest BCUT2D eigenvalue weighted by molar-refractivity contribution is 7.90. The van der Waals surface area contributed by atoms with E-state index in [9.17, 15) is 13.2 Å². The summed E-state index contributed by atoms with van der Waals surface area (Å²) in [7, 11) is -3.40. The van der Waals surface area contributed by atoms with E-state index in [1.807, 2.05) is 40.1 Å². The monoisotopic (exact) mass is 532 g/mol. The van der Waals surface area contributed by atoms with Gasteiger partial charge in [-0.05, 0) is 54.8 Å². The average molecular weight is 533 g/mol. The van der Waals surface area contributed by atoms with Crippen LogP contribution in [0.2, 0.25) is 0 Å². The number of carbonyl (C=O) groups is 1. The van der Waals surface area contributed by atoms with E-state index in [2.05, 4.69) is 22.0 Å². The summed E-state index contributed by atoms with van der Waals surface area (Å²) in [4.78, 5) is 24.7. The van der Waals surface area contributed by atoms with Gasteiger partial charge in [-0.3, -0.25) is 9.78 Å². The molecule has 1 amide bonds. The van der Waals surface area contributed by atoms with E-state index < -0.39 is 9.84 Å². The second-order valence-corrected chi connectivity index (χ2v) is 11.4. The summed E-state index contributed by atoms with van der Waals surface area (Å²) < 4.78 is 35.5. The van der Waals surface area contributed by atoms with Crippen molar-refractivity contribution >= 4 is 27.1 Å². The van der Waals surface area contributed by atoms with Crippen molar-refractivity contribution in [2.75, 3.05) is 37.4 Å². The predicted octanol–water partition coefficient (Wildman–Crippen LogP) is 3.15. The van der Waals surface area contributed by atoms with Crippen molar-refractivity contribution in [3.63, 3.8) is 0 Å². The van der Waals surface area contributed by atoms with Crippen LogP contribution >= 0.6 is 0 Å². The van der Waals surface area contributed by atoms with E-state index in [-0.39, 0.29) is 16.9 Å². The first-order valence-corrected chi connectivity index (χ1v) is 14.2. The van der Waals surface area contributed by atoms with Gasteiger partial charge in [0.25, 0.3) is 0 Å². The third-order valence-corrected chi connectivity index (χ3v) is 7.68. The molecule has 0 spiro atoms. The number of carbonyl (C=O) groups excluding carboxylic acids is 1. The highest BCUT2D eigenvalue weighted by atomic mass is 32.2. The molecule has 10 heteroatoms. The molecule has 196 valence electrons. The van der Waals surface area contributed by atoms with Crippen LogP contribution in [0.15, 0.2) is 60.0 Å². The molecule has 1 unspecified atom stereocenters. The van der Waals surface area contributed by atoms with Gasteiger partial charge in [-0.1, -0.05) is 5.92 Å². The number of pyridine rings is 2. The third-order valence-electron chi connectivity index (χ3n) is 6.55. The number of fused-ring (bicyclic) bond motifs is 1. The highest BCUT2D eigenvalue weighted by Crippen LogP contribution is 2.39. The van der Waals surface area contributed by atoms with Crippen LogP contribution in [0.1, 0.15) is 17.5 Å². The van der Waals surface area contributed by atoms with Crippen molar-refractivity contribution in [1.29, 1.82) is 0 Å². The molecule has 1 atom stereocenters. The van der Waals surface area contributed by atoms with Gasteiger partial charge < -0.3 is 19.3 Å². The Balaban J connectivity index is 1.25. The number of nitrogens with zero attached hydrogens (tertiary/aromatic N) is 4. The Morgan fingerprint density at radius 3 is 2.76 bits per heavy atom. The number of hydrogen-bond donors (Lipinski definition) is 0. The van der Waals surface area contributed by atoms with Crippen LogP contribution in [-0.4, -0.2) is 61.7 Å². The molecule has 38 heavy (non-hydrogen) atoms. The lowest BCUT2D eigenvalue weighted by molar-refractivity contribution is -0.129. The minimum absolute atomic E-state index is 0.0521. The van der Waals surface area contributed by atoms with Crippen LogP contribution in [0.5, 0.6) is 11.5 Å². The third kappa shape index (κ3) is 5.73. The van der Waals surface area contributed by atoms with Crippen molar-refractivity contribution < 1.29 is 22.7 Å². The largest absolute Gasteiger partial charge is 0.490 e. The Labute approximate surface area is 222 Å². The molecule has 3 aromatic rings. The van der Waals surface area contributed by atoms with Crippen LogP contribution in [0.25, 0.3) is 0 Å². The molecule has 1 saturated heterocycles. The molecule has 1 fully saturated rings. The van der Waals surface area contributed by atoms with Crippen LogP contribution in [0, 0.1) is 24.9 Å². The molecule has 0 bridgehead atoms. The molecule has 5 rings (SSSR count). The van der Waals surface area contributed by atoms with E-state index >= 15 is 0 Å².